The second kappa shape index (κ2) is 10.7. The van der Waals surface area contributed by atoms with Crippen LogP contribution in [0.5, 0.6) is 5.75 Å². The van der Waals surface area contributed by atoms with Gasteiger partial charge in [-0.15, -0.1) is 0 Å². The Balaban J connectivity index is 1.52. The van der Waals surface area contributed by atoms with E-state index in [1.54, 1.807) is 14.2 Å². The first-order chi connectivity index (χ1) is 13.8. The summed E-state index contributed by atoms with van der Waals surface area (Å²) in [6.07, 6.45) is 0. The topological polar surface area (TPSA) is 58.1 Å². The number of ether oxygens (including phenoxy) is 2. The summed E-state index contributed by atoms with van der Waals surface area (Å²) >= 11 is 0. The minimum atomic E-state index is 0.707. The van der Waals surface area contributed by atoms with Gasteiger partial charge in [0.05, 0.1) is 20.3 Å². The Kier molecular flexibility index (Phi) is 7.70. The molecule has 1 heterocycles. The van der Waals surface area contributed by atoms with Crippen molar-refractivity contribution in [2.45, 2.75) is 19.6 Å². The molecule has 0 spiro atoms. The number of methoxy groups -OCH3 is 1. The molecule has 28 heavy (non-hydrogen) atoms. The van der Waals surface area contributed by atoms with E-state index in [0.717, 1.165) is 51.1 Å². The minimum Gasteiger partial charge on any atom is -0.497 e. The second-order valence-electron chi connectivity index (χ2n) is 6.78. The molecule has 1 aliphatic rings. The molecule has 1 aliphatic heterocycles. The molecule has 2 aromatic rings. The predicted molar refractivity (Wildman–Crippen MR) is 113 cm³/mol. The maximum absolute atomic E-state index is 5.45. The van der Waals surface area contributed by atoms with Crippen LogP contribution < -0.4 is 15.4 Å². The number of hydrogen-bond donors (Lipinski definition) is 2. The molecule has 1 saturated heterocycles. The van der Waals surface area contributed by atoms with Crippen molar-refractivity contribution in [3.63, 3.8) is 0 Å². The lowest BCUT2D eigenvalue weighted by Crippen LogP contribution is -2.37. The van der Waals surface area contributed by atoms with E-state index in [0.29, 0.717) is 6.54 Å². The fraction of sp³-hybridized carbons (Fsp3) is 0.409. The van der Waals surface area contributed by atoms with E-state index in [4.69, 9.17) is 9.47 Å². The van der Waals surface area contributed by atoms with Gasteiger partial charge in [-0.05, 0) is 28.8 Å². The highest BCUT2D eigenvalue weighted by molar-refractivity contribution is 5.79. The first-order valence-corrected chi connectivity index (χ1v) is 9.73. The third kappa shape index (κ3) is 5.97. The smallest absolute Gasteiger partial charge is 0.191 e. The Morgan fingerprint density at radius 3 is 2.36 bits per heavy atom. The van der Waals surface area contributed by atoms with Gasteiger partial charge < -0.3 is 20.1 Å². The number of hydrogen-bond acceptors (Lipinski definition) is 4. The van der Waals surface area contributed by atoms with Crippen molar-refractivity contribution >= 4 is 5.96 Å². The highest BCUT2D eigenvalue weighted by Gasteiger charge is 2.12. The lowest BCUT2D eigenvalue weighted by Gasteiger charge is -2.27. The van der Waals surface area contributed by atoms with E-state index in [-0.39, 0.29) is 0 Å². The summed E-state index contributed by atoms with van der Waals surface area (Å²) < 4.78 is 10.7. The molecule has 0 amide bonds. The molecule has 2 aromatic carbocycles. The monoisotopic (exact) mass is 382 g/mol. The second-order valence-corrected chi connectivity index (χ2v) is 6.78. The molecule has 6 heteroatoms. The van der Waals surface area contributed by atoms with Crippen molar-refractivity contribution in [3.8, 4) is 5.75 Å². The summed E-state index contributed by atoms with van der Waals surface area (Å²) in [5.74, 6) is 1.65. The normalized spacial score (nSPS) is 15.3. The SMILES string of the molecule is CN=C(NCc1ccc(OC)cc1)NCc1ccccc1CN1CCOCC1. The zero-order chi connectivity index (χ0) is 19.6. The zero-order valence-electron chi connectivity index (χ0n) is 16.8. The van der Waals surface area contributed by atoms with Gasteiger partial charge in [0.15, 0.2) is 5.96 Å². The maximum Gasteiger partial charge on any atom is 0.191 e. The Labute approximate surface area is 167 Å². The molecule has 2 N–H and O–H groups in total. The quantitative estimate of drug-likeness (QED) is 0.569. The predicted octanol–water partition coefficient (Wildman–Crippen LogP) is 2.39. The maximum atomic E-state index is 5.45. The molecular formula is C22H30N4O2. The number of rotatable bonds is 7. The Morgan fingerprint density at radius 2 is 1.68 bits per heavy atom. The third-order valence-electron chi connectivity index (χ3n) is 4.90. The summed E-state index contributed by atoms with van der Waals surface area (Å²) in [6, 6.07) is 16.6. The van der Waals surface area contributed by atoms with E-state index in [1.165, 1.54) is 16.7 Å². The van der Waals surface area contributed by atoms with Crippen molar-refractivity contribution in [1.29, 1.82) is 0 Å². The highest BCUT2D eigenvalue weighted by Crippen LogP contribution is 2.13. The molecule has 1 fully saturated rings. The van der Waals surface area contributed by atoms with E-state index >= 15 is 0 Å². The first kappa shape index (κ1) is 20.2. The molecule has 0 aromatic heterocycles. The molecule has 0 unspecified atom stereocenters. The highest BCUT2D eigenvalue weighted by atomic mass is 16.5. The average molecular weight is 383 g/mol. The number of morpholine rings is 1. The Morgan fingerprint density at radius 1 is 1.00 bits per heavy atom. The van der Waals surface area contributed by atoms with E-state index in [9.17, 15) is 0 Å². The lowest BCUT2D eigenvalue weighted by molar-refractivity contribution is 0.0341. The molecule has 0 atom stereocenters. The van der Waals surface area contributed by atoms with Crippen LogP contribution in [-0.2, 0) is 24.4 Å². The molecule has 0 aliphatic carbocycles. The van der Waals surface area contributed by atoms with Crippen molar-refractivity contribution < 1.29 is 9.47 Å². The van der Waals surface area contributed by atoms with Crippen LogP contribution in [-0.4, -0.2) is 51.3 Å². The van der Waals surface area contributed by atoms with Gasteiger partial charge in [0.1, 0.15) is 5.75 Å². The summed E-state index contributed by atoms with van der Waals surface area (Å²) in [4.78, 5) is 6.78. The number of aliphatic imine (C=N–C) groups is 1. The number of guanidine groups is 1. The van der Waals surface area contributed by atoms with Crippen LogP contribution in [0.3, 0.4) is 0 Å². The number of benzene rings is 2. The Bertz CT molecular complexity index is 755. The molecule has 150 valence electrons. The zero-order valence-corrected chi connectivity index (χ0v) is 16.8. The van der Waals surface area contributed by atoms with Crippen molar-refractivity contribution in [2.24, 2.45) is 4.99 Å². The van der Waals surface area contributed by atoms with Crippen LogP contribution in [0.4, 0.5) is 0 Å². The summed E-state index contributed by atoms with van der Waals surface area (Å²) in [5, 5.41) is 6.79. The van der Waals surface area contributed by atoms with Gasteiger partial charge in [-0.3, -0.25) is 9.89 Å². The van der Waals surface area contributed by atoms with Gasteiger partial charge in [0.25, 0.3) is 0 Å². The van der Waals surface area contributed by atoms with Crippen LogP contribution in [0.15, 0.2) is 53.5 Å². The van der Waals surface area contributed by atoms with Gasteiger partial charge in [0.2, 0.25) is 0 Å². The van der Waals surface area contributed by atoms with Crippen LogP contribution in [0.25, 0.3) is 0 Å². The van der Waals surface area contributed by atoms with E-state index < -0.39 is 0 Å². The lowest BCUT2D eigenvalue weighted by atomic mass is 10.1. The van der Waals surface area contributed by atoms with Crippen molar-refractivity contribution in [1.82, 2.24) is 15.5 Å². The Hall–Kier alpha value is -2.57. The molecule has 0 saturated carbocycles. The van der Waals surface area contributed by atoms with Gasteiger partial charge >= 0.3 is 0 Å². The molecule has 0 radical (unpaired) electrons. The molecule has 3 rings (SSSR count). The van der Waals surface area contributed by atoms with Crippen LogP contribution >= 0.6 is 0 Å². The minimum absolute atomic E-state index is 0.707. The van der Waals surface area contributed by atoms with Gasteiger partial charge in [-0.1, -0.05) is 36.4 Å². The van der Waals surface area contributed by atoms with Crippen LogP contribution in [0, 0.1) is 0 Å². The number of nitrogens with zero attached hydrogens (tertiary/aromatic N) is 2. The molecular weight excluding hydrogens is 352 g/mol. The van der Waals surface area contributed by atoms with E-state index in [1.807, 2.05) is 12.1 Å². The summed E-state index contributed by atoms with van der Waals surface area (Å²) in [7, 11) is 3.47. The van der Waals surface area contributed by atoms with Crippen molar-refractivity contribution in [2.75, 3.05) is 40.5 Å². The fourth-order valence-corrected chi connectivity index (χ4v) is 3.21. The van der Waals surface area contributed by atoms with Gasteiger partial charge in [0, 0.05) is 39.8 Å². The van der Waals surface area contributed by atoms with Crippen LogP contribution in [0.1, 0.15) is 16.7 Å². The summed E-state index contributed by atoms with van der Waals surface area (Å²) in [5.41, 5.74) is 3.82. The number of nitrogens with one attached hydrogen (secondary N) is 2. The average Bonchev–Trinajstić information content (AvgIpc) is 2.76. The standard InChI is InChI=1S/C22H30N4O2/c1-23-22(24-15-18-7-9-21(27-2)10-8-18)25-16-19-5-3-4-6-20(19)17-26-11-13-28-14-12-26/h3-10H,11-17H2,1-2H3,(H2,23,24,25). The molecule has 0 bridgehead atoms. The van der Waals surface area contributed by atoms with Crippen molar-refractivity contribution in [3.05, 3.63) is 65.2 Å². The largest absolute Gasteiger partial charge is 0.497 e. The van der Waals surface area contributed by atoms with Gasteiger partial charge in [-0.25, -0.2) is 0 Å². The van der Waals surface area contributed by atoms with Gasteiger partial charge in [-0.2, -0.15) is 0 Å². The summed E-state index contributed by atoms with van der Waals surface area (Å²) in [6.45, 7) is 6.03. The third-order valence-corrected chi connectivity index (χ3v) is 4.90. The van der Waals surface area contributed by atoms with Crippen LogP contribution in [0.2, 0.25) is 0 Å². The fourth-order valence-electron chi connectivity index (χ4n) is 3.21. The van der Waals surface area contributed by atoms with E-state index in [2.05, 4.69) is 56.9 Å². The molecule has 6 nitrogen and oxygen atoms in total. The first-order valence-electron chi connectivity index (χ1n) is 9.73.